The Morgan fingerprint density at radius 3 is 2.76 bits per heavy atom. The predicted molar refractivity (Wildman–Crippen MR) is 81.3 cm³/mol. The van der Waals surface area contributed by atoms with Crippen LogP contribution in [0.15, 0.2) is 30.9 Å². The summed E-state index contributed by atoms with van der Waals surface area (Å²) in [4.78, 5) is 6.26. The number of hydrogen-bond acceptors (Lipinski definition) is 3. The van der Waals surface area contributed by atoms with Crippen LogP contribution in [0, 0.1) is 0 Å². The van der Waals surface area contributed by atoms with Gasteiger partial charge in [0, 0.05) is 22.7 Å². The van der Waals surface area contributed by atoms with Crippen LogP contribution in [0.4, 0.5) is 0 Å². The molecular weight excluding hydrogens is 311 g/mol. The van der Waals surface area contributed by atoms with Gasteiger partial charge in [-0.3, -0.25) is 5.10 Å². The maximum atomic E-state index is 6.30. The molecule has 104 valence electrons. The fraction of sp³-hybridized carbons (Fsp3) is 0. The summed E-state index contributed by atoms with van der Waals surface area (Å²) in [5.74, 6) is 0.620. The summed E-state index contributed by atoms with van der Waals surface area (Å²) in [5.41, 5.74) is 3.40. The monoisotopic (exact) mass is 318 g/mol. The van der Waals surface area contributed by atoms with E-state index in [1.807, 2.05) is 12.3 Å². The van der Waals surface area contributed by atoms with Crippen LogP contribution in [0.25, 0.3) is 33.5 Å². The van der Waals surface area contributed by atoms with Gasteiger partial charge in [-0.1, -0.05) is 29.3 Å². The lowest BCUT2D eigenvalue weighted by Crippen LogP contribution is -1.84. The first-order chi connectivity index (χ1) is 10.3. The molecule has 6 nitrogen and oxygen atoms in total. The Labute approximate surface area is 128 Å². The molecule has 0 fully saturated rings. The number of nitrogens with one attached hydrogen (secondary N) is 3. The maximum Gasteiger partial charge on any atom is 0.178 e. The molecule has 1 aromatic carbocycles. The molecule has 0 saturated heterocycles. The van der Waals surface area contributed by atoms with E-state index in [1.54, 1.807) is 12.3 Å². The third-order valence-electron chi connectivity index (χ3n) is 3.30. The van der Waals surface area contributed by atoms with Crippen molar-refractivity contribution in [2.24, 2.45) is 0 Å². The van der Waals surface area contributed by atoms with E-state index < -0.39 is 0 Å². The fourth-order valence-electron chi connectivity index (χ4n) is 2.40. The van der Waals surface area contributed by atoms with Crippen molar-refractivity contribution in [1.82, 2.24) is 30.4 Å². The molecule has 0 saturated carbocycles. The van der Waals surface area contributed by atoms with Crippen molar-refractivity contribution in [1.29, 1.82) is 0 Å². The summed E-state index contributed by atoms with van der Waals surface area (Å²) < 4.78 is 0. The first-order valence-corrected chi connectivity index (χ1v) is 6.86. The first-order valence-electron chi connectivity index (χ1n) is 6.11. The summed E-state index contributed by atoms with van der Waals surface area (Å²) >= 11 is 12.4. The van der Waals surface area contributed by atoms with Gasteiger partial charge < -0.3 is 9.97 Å². The van der Waals surface area contributed by atoms with Crippen molar-refractivity contribution in [3.05, 3.63) is 40.9 Å². The number of nitrogens with zero attached hydrogens (tertiary/aromatic N) is 3. The van der Waals surface area contributed by atoms with Gasteiger partial charge in [0.2, 0.25) is 0 Å². The average molecular weight is 319 g/mol. The number of halogens is 2. The highest BCUT2D eigenvalue weighted by atomic mass is 35.5. The number of H-pyrrole nitrogens is 3. The standard InChI is InChI=1S/C13H8Cl2N6/c14-8-2-1-7-9(6-3-17-18-4-6)12(13-16-5-19-21-13)20-11(7)10(8)15/h1-5,20H,(H,17,18)(H,16,19,21). The first kappa shape index (κ1) is 12.4. The zero-order valence-electron chi connectivity index (χ0n) is 10.5. The molecule has 4 aromatic rings. The highest BCUT2D eigenvalue weighted by Crippen LogP contribution is 2.40. The molecule has 0 amide bonds. The molecule has 0 atom stereocenters. The van der Waals surface area contributed by atoms with Crippen molar-refractivity contribution in [2.45, 2.75) is 0 Å². The number of benzene rings is 1. The van der Waals surface area contributed by atoms with Crippen molar-refractivity contribution >= 4 is 34.1 Å². The molecular formula is C13H8Cl2N6. The van der Waals surface area contributed by atoms with E-state index in [4.69, 9.17) is 23.2 Å². The molecule has 0 aliphatic carbocycles. The number of fused-ring (bicyclic) bond motifs is 1. The molecule has 0 unspecified atom stereocenters. The Morgan fingerprint density at radius 2 is 2.05 bits per heavy atom. The number of rotatable bonds is 2. The molecule has 3 N–H and O–H groups in total. The average Bonchev–Trinajstić information content (AvgIpc) is 3.20. The Bertz CT molecular complexity index is 908. The molecule has 0 spiro atoms. The van der Waals surface area contributed by atoms with Crippen LogP contribution in [0.3, 0.4) is 0 Å². The summed E-state index contributed by atoms with van der Waals surface area (Å²) in [5, 5.41) is 16.6. The van der Waals surface area contributed by atoms with E-state index in [2.05, 4.69) is 30.4 Å². The van der Waals surface area contributed by atoms with E-state index in [9.17, 15) is 0 Å². The van der Waals surface area contributed by atoms with Gasteiger partial charge in [-0.15, -0.1) is 10.2 Å². The van der Waals surface area contributed by atoms with Crippen LogP contribution in [-0.4, -0.2) is 30.4 Å². The van der Waals surface area contributed by atoms with Crippen LogP contribution in [0.1, 0.15) is 0 Å². The molecule has 3 aromatic heterocycles. The van der Waals surface area contributed by atoms with Crippen LogP contribution in [-0.2, 0) is 0 Å². The van der Waals surface area contributed by atoms with Crippen LogP contribution < -0.4 is 0 Å². The second-order valence-electron chi connectivity index (χ2n) is 4.48. The summed E-state index contributed by atoms with van der Waals surface area (Å²) in [6.45, 7) is 0. The Balaban J connectivity index is 2.13. The number of aromatic amines is 3. The Morgan fingerprint density at radius 1 is 1.14 bits per heavy atom. The third-order valence-corrected chi connectivity index (χ3v) is 4.11. The highest BCUT2D eigenvalue weighted by Gasteiger charge is 2.20. The van der Waals surface area contributed by atoms with Crippen molar-refractivity contribution < 1.29 is 0 Å². The fourth-order valence-corrected chi connectivity index (χ4v) is 2.77. The molecule has 3 heterocycles. The normalized spacial score (nSPS) is 11.3. The largest absolute Gasteiger partial charge is 0.350 e. The van der Waals surface area contributed by atoms with Crippen LogP contribution in [0.5, 0.6) is 0 Å². The number of aromatic nitrogens is 6. The molecule has 21 heavy (non-hydrogen) atoms. The molecule has 0 bridgehead atoms. The van der Waals surface area contributed by atoms with Gasteiger partial charge in [-0.2, -0.15) is 5.10 Å². The minimum absolute atomic E-state index is 0.477. The molecule has 0 aliphatic rings. The van der Waals surface area contributed by atoms with Gasteiger partial charge in [-0.25, -0.2) is 0 Å². The Hall–Kier alpha value is -2.31. The van der Waals surface area contributed by atoms with Gasteiger partial charge in [0.1, 0.15) is 6.33 Å². The lowest BCUT2D eigenvalue weighted by Gasteiger charge is -1.99. The van der Waals surface area contributed by atoms with E-state index in [0.29, 0.717) is 15.9 Å². The smallest absolute Gasteiger partial charge is 0.178 e. The molecule has 0 aliphatic heterocycles. The minimum Gasteiger partial charge on any atom is -0.350 e. The molecule has 8 heteroatoms. The summed E-state index contributed by atoms with van der Waals surface area (Å²) in [6, 6.07) is 3.69. The molecule has 0 radical (unpaired) electrons. The highest BCUT2D eigenvalue weighted by molar-refractivity contribution is 6.45. The van der Waals surface area contributed by atoms with Gasteiger partial charge in [0.15, 0.2) is 5.82 Å². The zero-order valence-corrected chi connectivity index (χ0v) is 12.0. The predicted octanol–water partition coefficient (Wildman–Crippen LogP) is 3.65. The van der Waals surface area contributed by atoms with E-state index in [-0.39, 0.29) is 0 Å². The van der Waals surface area contributed by atoms with Gasteiger partial charge in [0.25, 0.3) is 0 Å². The van der Waals surface area contributed by atoms with E-state index in [0.717, 1.165) is 27.7 Å². The Kier molecular flexibility index (Phi) is 2.73. The lowest BCUT2D eigenvalue weighted by molar-refractivity contribution is 1.09. The summed E-state index contributed by atoms with van der Waals surface area (Å²) in [7, 11) is 0. The SMILES string of the molecule is Clc1ccc2c(-c3cn[nH]c3)c(-c3nnc[nH]3)[nH]c2c1Cl. The lowest BCUT2D eigenvalue weighted by atomic mass is 10.0. The zero-order chi connectivity index (χ0) is 14.4. The number of hydrogen-bond donors (Lipinski definition) is 3. The van der Waals surface area contributed by atoms with Gasteiger partial charge >= 0.3 is 0 Å². The second kappa shape index (κ2) is 4.61. The molecule has 4 rings (SSSR count). The van der Waals surface area contributed by atoms with Gasteiger partial charge in [-0.05, 0) is 6.07 Å². The quantitative estimate of drug-likeness (QED) is 0.527. The van der Waals surface area contributed by atoms with Crippen molar-refractivity contribution in [3.8, 4) is 22.6 Å². The topological polar surface area (TPSA) is 86.0 Å². The second-order valence-corrected chi connectivity index (χ2v) is 5.27. The van der Waals surface area contributed by atoms with E-state index in [1.165, 1.54) is 6.33 Å². The van der Waals surface area contributed by atoms with Crippen molar-refractivity contribution in [3.63, 3.8) is 0 Å². The van der Waals surface area contributed by atoms with Crippen LogP contribution in [0.2, 0.25) is 10.0 Å². The van der Waals surface area contributed by atoms with Gasteiger partial charge in [0.05, 0.1) is 27.5 Å². The maximum absolute atomic E-state index is 6.30. The van der Waals surface area contributed by atoms with Crippen LogP contribution >= 0.6 is 23.2 Å². The van der Waals surface area contributed by atoms with E-state index >= 15 is 0 Å². The third kappa shape index (κ3) is 1.84. The minimum atomic E-state index is 0.477. The van der Waals surface area contributed by atoms with Crippen molar-refractivity contribution in [2.75, 3.05) is 0 Å². The summed E-state index contributed by atoms with van der Waals surface area (Å²) in [6.07, 6.45) is 5.07.